The Morgan fingerprint density at radius 2 is 1.72 bits per heavy atom. The van der Waals surface area contributed by atoms with Gasteiger partial charge in [0, 0.05) is 24.2 Å². The van der Waals surface area contributed by atoms with Gasteiger partial charge in [0.15, 0.2) is 5.78 Å². The lowest BCUT2D eigenvalue weighted by Gasteiger charge is -2.33. The van der Waals surface area contributed by atoms with E-state index in [1.165, 1.54) is 29.2 Å². The van der Waals surface area contributed by atoms with Gasteiger partial charge in [0.1, 0.15) is 17.2 Å². The molecule has 2 rings (SSSR count). The van der Waals surface area contributed by atoms with Crippen molar-refractivity contribution in [2.24, 2.45) is 5.92 Å². The second kappa shape index (κ2) is 9.16. The van der Waals surface area contributed by atoms with Gasteiger partial charge >= 0.3 is 6.09 Å². The van der Waals surface area contributed by atoms with Crippen LogP contribution in [0.1, 0.15) is 57.5 Å². The standard InChI is InChI=1S/C23H29FN2O3/c1-15(2)16(3)26(22(28)29-23(4,5)6)21-14-17(11-12-25-21)13-20(27)18-7-9-19(24)10-8-18/h7-12,14-16H,13H2,1-6H3. The van der Waals surface area contributed by atoms with Crippen molar-refractivity contribution >= 4 is 17.7 Å². The highest BCUT2D eigenvalue weighted by Crippen LogP contribution is 2.23. The van der Waals surface area contributed by atoms with Crippen molar-refractivity contribution in [2.45, 2.75) is 59.6 Å². The molecule has 0 saturated carbocycles. The summed E-state index contributed by atoms with van der Waals surface area (Å²) in [5.41, 5.74) is 0.514. The highest BCUT2D eigenvalue weighted by atomic mass is 19.1. The number of ketones is 1. The van der Waals surface area contributed by atoms with Crippen molar-refractivity contribution in [1.29, 1.82) is 0 Å². The molecule has 1 unspecified atom stereocenters. The predicted octanol–water partition coefficient (Wildman–Crippen LogP) is 5.43. The van der Waals surface area contributed by atoms with Crippen LogP contribution in [0.4, 0.5) is 15.0 Å². The number of benzene rings is 1. The number of nitrogens with zero attached hydrogens (tertiary/aromatic N) is 2. The average Bonchev–Trinajstić information content (AvgIpc) is 2.61. The summed E-state index contributed by atoms with van der Waals surface area (Å²) < 4.78 is 18.7. The van der Waals surface area contributed by atoms with Gasteiger partial charge in [0.2, 0.25) is 0 Å². The number of halogens is 1. The second-order valence-electron chi connectivity index (χ2n) is 8.46. The van der Waals surface area contributed by atoms with Crippen LogP contribution in [0.15, 0.2) is 42.6 Å². The van der Waals surface area contributed by atoms with Crippen LogP contribution in [0.25, 0.3) is 0 Å². The largest absolute Gasteiger partial charge is 0.443 e. The maximum atomic E-state index is 13.1. The third kappa shape index (κ3) is 6.38. The number of anilines is 1. The van der Waals surface area contributed by atoms with Crippen LogP contribution < -0.4 is 4.90 Å². The summed E-state index contributed by atoms with van der Waals surface area (Å²) >= 11 is 0. The molecule has 5 nitrogen and oxygen atoms in total. The number of hydrogen-bond donors (Lipinski definition) is 0. The smallest absolute Gasteiger partial charge is 0.416 e. The molecule has 0 aliphatic rings. The molecule has 0 spiro atoms. The van der Waals surface area contributed by atoms with Gasteiger partial charge in [-0.05, 0) is 75.6 Å². The van der Waals surface area contributed by atoms with Crippen LogP contribution in [0.3, 0.4) is 0 Å². The fraction of sp³-hybridized carbons (Fsp3) is 0.435. The number of pyridine rings is 1. The van der Waals surface area contributed by atoms with Crippen LogP contribution in [-0.4, -0.2) is 28.5 Å². The zero-order valence-corrected chi connectivity index (χ0v) is 17.9. The SMILES string of the molecule is CC(C)C(C)N(C(=O)OC(C)(C)C)c1cc(CC(=O)c2ccc(F)cc2)ccn1. The number of aromatic nitrogens is 1. The number of carbonyl (C=O) groups excluding carboxylic acids is 2. The Hall–Kier alpha value is -2.76. The fourth-order valence-corrected chi connectivity index (χ4v) is 2.70. The third-order valence-corrected chi connectivity index (χ3v) is 4.55. The van der Waals surface area contributed by atoms with Gasteiger partial charge in [0.25, 0.3) is 0 Å². The zero-order valence-electron chi connectivity index (χ0n) is 17.9. The lowest BCUT2D eigenvalue weighted by molar-refractivity contribution is 0.0558. The Bertz CT molecular complexity index is 857. The van der Waals surface area contributed by atoms with Crippen molar-refractivity contribution in [3.63, 3.8) is 0 Å². The van der Waals surface area contributed by atoms with Crippen LogP contribution >= 0.6 is 0 Å². The fourth-order valence-electron chi connectivity index (χ4n) is 2.70. The van der Waals surface area contributed by atoms with Crippen LogP contribution in [0, 0.1) is 11.7 Å². The van der Waals surface area contributed by atoms with E-state index in [1.54, 1.807) is 18.3 Å². The van der Waals surface area contributed by atoms with E-state index in [-0.39, 0.29) is 30.0 Å². The van der Waals surface area contributed by atoms with Crippen LogP contribution in [0.5, 0.6) is 0 Å². The molecule has 2 aromatic rings. The highest BCUT2D eigenvalue weighted by molar-refractivity contribution is 5.97. The summed E-state index contributed by atoms with van der Waals surface area (Å²) in [5, 5.41) is 0. The van der Waals surface area contributed by atoms with E-state index < -0.39 is 11.7 Å². The molecule has 0 radical (unpaired) electrons. The second-order valence-corrected chi connectivity index (χ2v) is 8.46. The molecule has 156 valence electrons. The molecule has 0 saturated heterocycles. The molecular weight excluding hydrogens is 371 g/mol. The van der Waals surface area contributed by atoms with E-state index in [2.05, 4.69) is 4.98 Å². The molecule has 1 heterocycles. The average molecular weight is 400 g/mol. The van der Waals surface area contributed by atoms with E-state index in [9.17, 15) is 14.0 Å². The summed E-state index contributed by atoms with van der Waals surface area (Å²) in [4.78, 5) is 31.3. The summed E-state index contributed by atoms with van der Waals surface area (Å²) in [6, 6.07) is 8.77. The van der Waals surface area contributed by atoms with Crippen molar-refractivity contribution in [3.05, 3.63) is 59.5 Å². The van der Waals surface area contributed by atoms with Gasteiger partial charge in [-0.2, -0.15) is 0 Å². The topological polar surface area (TPSA) is 59.5 Å². The Morgan fingerprint density at radius 1 is 1.10 bits per heavy atom. The van der Waals surface area contributed by atoms with Crippen molar-refractivity contribution < 1.29 is 18.7 Å². The van der Waals surface area contributed by atoms with Crippen LogP contribution in [-0.2, 0) is 11.2 Å². The lowest BCUT2D eigenvalue weighted by atomic mass is 10.0. The first-order chi connectivity index (χ1) is 13.5. The number of rotatable bonds is 6. The van der Waals surface area contributed by atoms with Gasteiger partial charge in [-0.1, -0.05) is 13.8 Å². The first-order valence-electron chi connectivity index (χ1n) is 9.74. The summed E-state index contributed by atoms with van der Waals surface area (Å²) in [5.74, 6) is 0.0879. The first-order valence-corrected chi connectivity index (χ1v) is 9.74. The molecule has 0 fully saturated rings. The summed E-state index contributed by atoms with van der Waals surface area (Å²) in [7, 11) is 0. The molecule has 6 heteroatoms. The van der Waals surface area contributed by atoms with E-state index >= 15 is 0 Å². The Morgan fingerprint density at radius 3 is 2.28 bits per heavy atom. The minimum atomic E-state index is -0.637. The lowest BCUT2D eigenvalue weighted by Crippen LogP contribution is -2.45. The Balaban J connectivity index is 2.29. The summed E-state index contributed by atoms with van der Waals surface area (Å²) in [6.07, 6.45) is 1.22. The molecule has 0 N–H and O–H groups in total. The van der Waals surface area contributed by atoms with E-state index in [1.807, 2.05) is 41.5 Å². The Labute approximate surface area is 171 Å². The molecule has 0 bridgehead atoms. The maximum Gasteiger partial charge on any atom is 0.416 e. The number of carbonyl (C=O) groups is 2. The molecule has 29 heavy (non-hydrogen) atoms. The van der Waals surface area contributed by atoms with E-state index in [4.69, 9.17) is 4.74 Å². The molecule has 0 aliphatic carbocycles. The number of amides is 1. The van der Waals surface area contributed by atoms with E-state index in [0.29, 0.717) is 16.9 Å². The Kier molecular flexibility index (Phi) is 7.11. The van der Waals surface area contributed by atoms with Gasteiger partial charge in [-0.15, -0.1) is 0 Å². The van der Waals surface area contributed by atoms with Crippen molar-refractivity contribution in [1.82, 2.24) is 4.98 Å². The molecule has 1 atom stereocenters. The monoisotopic (exact) mass is 400 g/mol. The minimum Gasteiger partial charge on any atom is -0.443 e. The van der Waals surface area contributed by atoms with Gasteiger partial charge in [-0.25, -0.2) is 14.2 Å². The summed E-state index contributed by atoms with van der Waals surface area (Å²) in [6.45, 7) is 11.4. The van der Waals surface area contributed by atoms with E-state index in [0.717, 1.165) is 0 Å². The predicted molar refractivity (Wildman–Crippen MR) is 112 cm³/mol. The van der Waals surface area contributed by atoms with Crippen LogP contribution in [0.2, 0.25) is 0 Å². The number of hydrogen-bond acceptors (Lipinski definition) is 4. The number of ether oxygens (including phenoxy) is 1. The highest BCUT2D eigenvalue weighted by Gasteiger charge is 2.30. The third-order valence-electron chi connectivity index (χ3n) is 4.55. The van der Waals surface area contributed by atoms with Gasteiger partial charge < -0.3 is 4.74 Å². The number of Topliss-reactive ketones (excluding diaryl/α,β-unsaturated/α-hetero) is 1. The van der Waals surface area contributed by atoms with Gasteiger partial charge in [0.05, 0.1) is 0 Å². The van der Waals surface area contributed by atoms with Crippen molar-refractivity contribution in [2.75, 3.05) is 4.90 Å². The zero-order chi connectivity index (χ0) is 21.8. The first kappa shape index (κ1) is 22.5. The normalized spacial score (nSPS) is 12.6. The van der Waals surface area contributed by atoms with Crippen molar-refractivity contribution in [3.8, 4) is 0 Å². The van der Waals surface area contributed by atoms with Gasteiger partial charge in [-0.3, -0.25) is 9.69 Å². The maximum absolute atomic E-state index is 13.1. The minimum absolute atomic E-state index is 0.124. The molecule has 1 aromatic carbocycles. The molecular formula is C23H29FN2O3. The molecule has 0 aliphatic heterocycles. The molecule has 1 amide bonds. The quantitative estimate of drug-likeness (QED) is 0.607. The molecule has 1 aromatic heterocycles.